The molecule has 0 saturated carbocycles. The van der Waals surface area contributed by atoms with Crippen molar-refractivity contribution in [3.63, 3.8) is 0 Å². The van der Waals surface area contributed by atoms with Gasteiger partial charge in [-0.05, 0) is 61.4 Å². The fourth-order valence-electron chi connectivity index (χ4n) is 6.18. The fraction of sp³-hybridized carbons (Fsp3) is 0.256. The third-order valence-electron chi connectivity index (χ3n) is 8.96. The summed E-state index contributed by atoms with van der Waals surface area (Å²) in [5.74, 6) is 9.10. The number of hydrogen-bond donors (Lipinski definition) is 5. The van der Waals surface area contributed by atoms with Crippen LogP contribution in [0.25, 0.3) is 33.8 Å². The predicted molar refractivity (Wildman–Crippen MR) is 215 cm³/mol. The van der Waals surface area contributed by atoms with Crippen LogP contribution >= 0.6 is 0 Å². The first-order valence-corrected chi connectivity index (χ1v) is 18.3. The van der Waals surface area contributed by atoms with E-state index in [1.54, 1.807) is 89.9 Å². The summed E-state index contributed by atoms with van der Waals surface area (Å²) in [6.45, 7) is 2.11. The average molecular weight is 849 g/mol. The van der Waals surface area contributed by atoms with Gasteiger partial charge in [0.2, 0.25) is 0 Å². The molecule has 18 heteroatoms. The first-order chi connectivity index (χ1) is 28.9. The van der Waals surface area contributed by atoms with Crippen molar-refractivity contribution in [2.24, 2.45) is 0 Å². The predicted octanol–water partition coefficient (Wildman–Crippen LogP) is 7.52. The molecule has 0 radical (unpaired) electrons. The van der Waals surface area contributed by atoms with E-state index in [1.807, 2.05) is 0 Å². The Labute approximate surface area is 344 Å². The first-order valence-electron chi connectivity index (χ1n) is 18.3. The van der Waals surface area contributed by atoms with E-state index < -0.39 is 37.1 Å². The van der Waals surface area contributed by atoms with Crippen molar-refractivity contribution in [1.82, 2.24) is 18.8 Å². The minimum atomic E-state index is -4.29. The second-order valence-electron chi connectivity index (χ2n) is 13.3. The number of esters is 1. The van der Waals surface area contributed by atoms with Crippen LogP contribution in [-0.4, -0.2) is 91.8 Å². The molecule has 0 aliphatic rings. The number of rotatable bonds is 10. The Balaban J connectivity index is 0.000000231. The van der Waals surface area contributed by atoms with Gasteiger partial charge in [0, 0.05) is 47.7 Å². The summed E-state index contributed by atoms with van der Waals surface area (Å²) in [4.78, 5) is 31.8. The van der Waals surface area contributed by atoms with Gasteiger partial charge in [0.05, 0.1) is 66.2 Å². The molecule has 6 aromatic rings. The van der Waals surface area contributed by atoms with Crippen LogP contribution in [0.3, 0.4) is 0 Å². The molecule has 5 N–H and O–H groups in total. The van der Waals surface area contributed by atoms with E-state index in [1.165, 1.54) is 13.2 Å². The lowest BCUT2D eigenvalue weighted by Gasteiger charge is -2.12. The van der Waals surface area contributed by atoms with Crippen LogP contribution in [0.1, 0.15) is 55.8 Å². The van der Waals surface area contributed by atoms with Crippen LogP contribution in [0.15, 0.2) is 73.3 Å². The molecule has 12 nitrogen and oxygen atoms in total. The van der Waals surface area contributed by atoms with Crippen LogP contribution in [0.4, 0.5) is 37.7 Å². The number of alkyl halides is 6. The van der Waals surface area contributed by atoms with Crippen molar-refractivity contribution in [1.29, 1.82) is 0 Å². The average Bonchev–Trinajstić information content (AvgIpc) is 3.83. The van der Waals surface area contributed by atoms with Gasteiger partial charge < -0.3 is 30.7 Å². The topological polar surface area (TPSA) is 163 Å². The molecule has 0 spiro atoms. The summed E-state index contributed by atoms with van der Waals surface area (Å²) in [6, 6.07) is 13.2. The number of carboxylic acids is 1. The van der Waals surface area contributed by atoms with Gasteiger partial charge in [-0.15, -0.1) is 0 Å². The van der Waals surface area contributed by atoms with E-state index in [9.17, 15) is 41.0 Å². The van der Waals surface area contributed by atoms with Gasteiger partial charge >= 0.3 is 24.3 Å². The number of halogens is 6. The fourth-order valence-corrected chi connectivity index (χ4v) is 6.18. The molecule has 0 unspecified atom stereocenters. The van der Waals surface area contributed by atoms with Crippen molar-refractivity contribution in [3.8, 4) is 46.2 Å². The van der Waals surface area contributed by atoms with E-state index in [2.05, 4.69) is 44.3 Å². The Hall–Kier alpha value is -7.02. The second-order valence-corrected chi connectivity index (χ2v) is 13.3. The molecule has 318 valence electrons. The maximum absolute atomic E-state index is 12.6. The highest BCUT2D eigenvalue weighted by Gasteiger charge is 2.27. The standard InChI is InChI=1S/C22H20F3N3O3.C21H18F3N3O3/c1-14-10-16(5-6-17(14)21(30)31-2)19-12-27-20-18(26-8-7-22(23,24)25)11-15(4-3-9-29)13-28(19)20;1-13-9-15(4-5-16(13)20(29)30)18-11-26-19-17(25-7-6-21(22,23)24)10-14(3-2-8-28)12-27(18)19/h5-6,10-13,26,29H,7-9H2,1-2H3;4-5,9-12,25,28H,6-8H2,1H3,(H,29,30). The molecule has 0 fully saturated rings. The van der Waals surface area contributed by atoms with Gasteiger partial charge in [0.1, 0.15) is 13.2 Å². The minimum Gasteiger partial charge on any atom is -0.478 e. The van der Waals surface area contributed by atoms with Crippen LogP contribution < -0.4 is 10.6 Å². The van der Waals surface area contributed by atoms with Crippen molar-refractivity contribution >= 4 is 34.6 Å². The number of ether oxygens (including phenoxy) is 1. The van der Waals surface area contributed by atoms with Crippen molar-refractivity contribution in [3.05, 3.63) is 107 Å². The molecule has 0 aliphatic heterocycles. The number of methoxy groups -OCH3 is 1. The number of carboxylic acid groups (broad SMARTS) is 1. The number of anilines is 2. The lowest BCUT2D eigenvalue weighted by molar-refractivity contribution is -0.132. The number of imidazole rings is 2. The zero-order valence-electron chi connectivity index (χ0n) is 32.8. The van der Waals surface area contributed by atoms with Crippen LogP contribution in [0, 0.1) is 37.5 Å². The Kier molecular flexibility index (Phi) is 14.3. The molecule has 0 aliphatic carbocycles. The minimum absolute atomic E-state index is 0.177. The Morgan fingerprint density at radius 1 is 0.705 bits per heavy atom. The molecule has 4 heterocycles. The van der Waals surface area contributed by atoms with Crippen LogP contribution in [0.2, 0.25) is 0 Å². The van der Waals surface area contributed by atoms with Gasteiger partial charge in [-0.25, -0.2) is 19.6 Å². The largest absolute Gasteiger partial charge is 0.478 e. The number of fused-ring (bicyclic) bond motifs is 2. The van der Waals surface area contributed by atoms with E-state index >= 15 is 0 Å². The monoisotopic (exact) mass is 848 g/mol. The lowest BCUT2D eigenvalue weighted by atomic mass is 10.0. The summed E-state index contributed by atoms with van der Waals surface area (Å²) in [7, 11) is 1.31. The number of aliphatic hydroxyl groups excluding tert-OH is 2. The van der Waals surface area contributed by atoms with Gasteiger partial charge in [-0.3, -0.25) is 8.80 Å². The molecule has 0 saturated heterocycles. The number of benzene rings is 2. The maximum Gasteiger partial charge on any atom is 0.390 e. The van der Waals surface area contributed by atoms with Gasteiger partial charge in [0.25, 0.3) is 0 Å². The van der Waals surface area contributed by atoms with Gasteiger partial charge in [-0.1, -0.05) is 35.8 Å². The molecule has 6 rings (SSSR count). The second kappa shape index (κ2) is 19.4. The van der Waals surface area contributed by atoms with Gasteiger partial charge in [-0.2, -0.15) is 26.3 Å². The zero-order chi connectivity index (χ0) is 44.5. The number of pyridine rings is 2. The highest BCUT2D eigenvalue weighted by atomic mass is 19.4. The Morgan fingerprint density at radius 2 is 1.13 bits per heavy atom. The number of nitrogens with zero attached hydrogens (tertiary/aromatic N) is 4. The van der Waals surface area contributed by atoms with Crippen LogP contribution in [0.5, 0.6) is 0 Å². The summed E-state index contributed by atoms with van der Waals surface area (Å²) >= 11 is 0. The number of aliphatic hydroxyl groups is 2. The van der Waals surface area contributed by atoms with Crippen molar-refractivity contribution in [2.75, 3.05) is 44.0 Å². The third-order valence-corrected chi connectivity index (χ3v) is 8.96. The van der Waals surface area contributed by atoms with Crippen molar-refractivity contribution in [2.45, 2.75) is 39.0 Å². The highest BCUT2D eigenvalue weighted by molar-refractivity contribution is 5.92. The molecule has 0 amide bonds. The summed E-state index contributed by atoms with van der Waals surface area (Å²) in [6.07, 6.45) is -4.06. The first kappa shape index (κ1) is 45.1. The molecule has 2 aromatic carbocycles. The number of hydrogen-bond acceptors (Lipinski definition) is 9. The maximum atomic E-state index is 12.6. The molecule has 61 heavy (non-hydrogen) atoms. The Bertz CT molecular complexity index is 2700. The van der Waals surface area contributed by atoms with E-state index in [-0.39, 0.29) is 31.9 Å². The number of carbonyl (C=O) groups excluding carboxylic acids is 1. The number of aromatic carboxylic acids is 1. The molecule has 4 aromatic heterocycles. The van der Waals surface area contributed by atoms with Crippen LogP contribution in [-0.2, 0) is 4.74 Å². The summed E-state index contributed by atoms with van der Waals surface area (Å²) in [5.41, 5.74) is 7.19. The SMILES string of the molecule is COC(=O)c1ccc(-c2cnc3c(NCCC(F)(F)F)cc(C#CCO)cn23)cc1C.Cc1cc(-c2cnc3c(NCCC(F)(F)F)cc(C#CCO)cn23)ccc1C(=O)O. The quantitative estimate of drug-likeness (QED) is 0.0530. The Morgan fingerprint density at radius 3 is 1.49 bits per heavy atom. The van der Waals surface area contributed by atoms with E-state index in [0.717, 1.165) is 5.56 Å². The normalized spacial score (nSPS) is 11.2. The summed E-state index contributed by atoms with van der Waals surface area (Å²) < 4.78 is 83.4. The number of carbonyl (C=O) groups is 2. The molecule has 0 atom stereocenters. The van der Waals surface area contributed by atoms with E-state index in [0.29, 0.717) is 67.4 Å². The van der Waals surface area contributed by atoms with Gasteiger partial charge in [0.15, 0.2) is 11.3 Å². The number of aromatic nitrogens is 4. The number of aryl methyl sites for hydroxylation is 2. The molecule has 0 bridgehead atoms. The molecular formula is C43H38F6N6O6. The van der Waals surface area contributed by atoms with E-state index in [4.69, 9.17) is 14.9 Å². The third kappa shape index (κ3) is 11.6. The smallest absolute Gasteiger partial charge is 0.390 e. The number of nitrogens with one attached hydrogen (secondary N) is 2. The zero-order valence-corrected chi connectivity index (χ0v) is 32.8. The van der Waals surface area contributed by atoms with Crippen molar-refractivity contribution < 1.29 is 56.0 Å². The summed E-state index contributed by atoms with van der Waals surface area (Å²) in [5, 5.41) is 32.7. The highest BCUT2D eigenvalue weighted by Crippen LogP contribution is 2.30. The lowest BCUT2D eigenvalue weighted by Crippen LogP contribution is -2.15. The molecular weight excluding hydrogens is 810 g/mol.